The average molecular weight is 376 g/mol. The molecular weight excluding hydrogens is 356 g/mol. The molecule has 0 aliphatic rings. The summed E-state index contributed by atoms with van der Waals surface area (Å²) in [5.41, 5.74) is -0.180. The van der Waals surface area contributed by atoms with Gasteiger partial charge in [0.05, 0.1) is 5.56 Å². The van der Waals surface area contributed by atoms with Gasteiger partial charge in [0.1, 0.15) is 11.6 Å². The minimum Gasteiger partial charge on any atom is -0.494 e. The number of benzene rings is 2. The van der Waals surface area contributed by atoms with E-state index in [1.165, 1.54) is 14.0 Å². The molecule has 2 aromatic carbocycles. The normalized spacial score (nSPS) is 10.8. The Bertz CT molecular complexity index is 1150. The van der Waals surface area contributed by atoms with E-state index in [2.05, 4.69) is 0 Å². The molecule has 6 nitrogen and oxygen atoms in total. The van der Waals surface area contributed by atoms with Crippen LogP contribution in [-0.4, -0.2) is 29.2 Å². The number of nitriles is 1. The van der Waals surface area contributed by atoms with E-state index in [1.54, 1.807) is 12.1 Å². The molecule has 0 unspecified atom stereocenters. The first-order chi connectivity index (χ1) is 13.5. The third-order valence-electron chi connectivity index (χ3n) is 4.79. The summed E-state index contributed by atoms with van der Waals surface area (Å²) >= 11 is 0. The van der Waals surface area contributed by atoms with Crippen molar-refractivity contribution in [3.8, 4) is 11.9 Å². The number of ether oxygens (including phenoxy) is 1. The Morgan fingerprint density at radius 1 is 1.21 bits per heavy atom. The second kappa shape index (κ2) is 8.07. The van der Waals surface area contributed by atoms with E-state index in [-0.39, 0.29) is 23.2 Å². The van der Waals surface area contributed by atoms with Gasteiger partial charge in [-0.2, -0.15) is 5.26 Å². The summed E-state index contributed by atoms with van der Waals surface area (Å²) in [7, 11) is 1.54. The highest BCUT2D eigenvalue weighted by molar-refractivity contribution is 6.18. The first-order valence-electron chi connectivity index (χ1n) is 8.89. The zero-order chi connectivity index (χ0) is 20.3. The van der Waals surface area contributed by atoms with Crippen molar-refractivity contribution in [2.75, 3.05) is 13.7 Å². The smallest absolute Gasteiger partial charge is 0.271 e. The monoisotopic (exact) mass is 376 g/mol. The Balaban J connectivity index is 2.23. The number of nitrogens with zero attached hydrogens (tertiary/aromatic N) is 2. The van der Waals surface area contributed by atoms with E-state index < -0.39 is 17.2 Å². The van der Waals surface area contributed by atoms with Crippen LogP contribution in [0.1, 0.15) is 33.5 Å². The number of carbonyl (C=O) groups is 1. The van der Waals surface area contributed by atoms with Gasteiger partial charge in [-0.1, -0.05) is 42.5 Å². The van der Waals surface area contributed by atoms with Crippen molar-refractivity contribution >= 4 is 16.6 Å². The number of carbonyl (C=O) groups excluding carboxylic acids is 1. The maximum absolute atomic E-state index is 13.4. The molecule has 0 amide bonds. The molecule has 0 spiro atoms. The van der Waals surface area contributed by atoms with Crippen molar-refractivity contribution in [2.24, 2.45) is 0 Å². The lowest BCUT2D eigenvalue weighted by molar-refractivity contribution is 0.103. The third-order valence-corrected chi connectivity index (χ3v) is 4.79. The molecule has 1 heterocycles. The summed E-state index contributed by atoms with van der Waals surface area (Å²) < 4.78 is 6.06. The zero-order valence-corrected chi connectivity index (χ0v) is 15.7. The first-order valence-corrected chi connectivity index (χ1v) is 8.89. The van der Waals surface area contributed by atoms with Gasteiger partial charge >= 0.3 is 0 Å². The van der Waals surface area contributed by atoms with Crippen molar-refractivity contribution in [3.63, 3.8) is 0 Å². The minimum atomic E-state index is -0.608. The average Bonchev–Trinajstić information content (AvgIpc) is 2.70. The molecule has 0 aliphatic heterocycles. The number of aromatic nitrogens is 1. The number of hydrogen-bond acceptors (Lipinski definition) is 5. The van der Waals surface area contributed by atoms with E-state index >= 15 is 0 Å². The van der Waals surface area contributed by atoms with Crippen LogP contribution in [0.3, 0.4) is 0 Å². The van der Waals surface area contributed by atoms with E-state index in [0.29, 0.717) is 18.6 Å². The second-order valence-electron chi connectivity index (χ2n) is 6.47. The highest BCUT2D eigenvalue weighted by Crippen LogP contribution is 2.28. The summed E-state index contributed by atoms with van der Waals surface area (Å²) in [4.78, 5) is 25.9. The molecule has 0 radical (unpaired) electrons. The van der Waals surface area contributed by atoms with Crippen molar-refractivity contribution < 1.29 is 14.6 Å². The van der Waals surface area contributed by atoms with Crippen LogP contribution in [-0.2, 0) is 11.3 Å². The van der Waals surface area contributed by atoms with Gasteiger partial charge in [0.15, 0.2) is 5.78 Å². The fourth-order valence-corrected chi connectivity index (χ4v) is 3.36. The van der Waals surface area contributed by atoms with Crippen molar-refractivity contribution in [1.29, 1.82) is 5.26 Å². The summed E-state index contributed by atoms with van der Waals surface area (Å²) in [6, 6.07) is 14.6. The van der Waals surface area contributed by atoms with Crippen LogP contribution in [0.25, 0.3) is 10.8 Å². The number of fused-ring (bicyclic) bond motifs is 1. The molecule has 1 N–H and O–H groups in total. The number of hydrogen-bond donors (Lipinski definition) is 1. The molecule has 0 saturated carbocycles. The lowest BCUT2D eigenvalue weighted by Crippen LogP contribution is -2.27. The van der Waals surface area contributed by atoms with E-state index in [1.807, 2.05) is 36.4 Å². The van der Waals surface area contributed by atoms with Crippen LogP contribution in [0.15, 0.2) is 47.3 Å². The van der Waals surface area contributed by atoms with Gasteiger partial charge < -0.3 is 9.84 Å². The van der Waals surface area contributed by atoms with E-state index in [4.69, 9.17) is 4.74 Å². The summed E-state index contributed by atoms with van der Waals surface area (Å²) in [6.45, 7) is 2.04. The molecule has 142 valence electrons. The molecule has 1 aromatic heterocycles. The van der Waals surface area contributed by atoms with Gasteiger partial charge in [-0.05, 0) is 29.7 Å². The number of aromatic hydroxyl groups is 1. The summed E-state index contributed by atoms with van der Waals surface area (Å²) in [5.74, 6) is -0.848. The molecular formula is C22H20N2O4. The number of rotatable bonds is 6. The topological polar surface area (TPSA) is 92.3 Å². The second-order valence-corrected chi connectivity index (χ2v) is 6.47. The number of pyridine rings is 1. The third kappa shape index (κ3) is 3.28. The molecule has 6 heteroatoms. The number of ketones is 1. The van der Waals surface area contributed by atoms with E-state index in [0.717, 1.165) is 15.3 Å². The lowest BCUT2D eigenvalue weighted by Gasteiger charge is -2.16. The standard InChI is InChI=1S/C22H20N2O4/c1-14-18(13-23)21(26)24(11-6-12-28-2)22(27)19(14)20(25)17-10-5-8-15-7-3-4-9-16(15)17/h3-5,7-10,27H,6,11-12H2,1-2H3. The van der Waals surface area contributed by atoms with Gasteiger partial charge in [-0.3, -0.25) is 14.2 Å². The van der Waals surface area contributed by atoms with Gasteiger partial charge in [0.2, 0.25) is 5.88 Å². The lowest BCUT2D eigenvalue weighted by atomic mass is 9.94. The van der Waals surface area contributed by atoms with Gasteiger partial charge in [-0.15, -0.1) is 0 Å². The van der Waals surface area contributed by atoms with Gasteiger partial charge in [0.25, 0.3) is 5.56 Å². The van der Waals surface area contributed by atoms with Crippen LogP contribution in [0.5, 0.6) is 5.88 Å². The van der Waals surface area contributed by atoms with Crippen molar-refractivity contribution in [1.82, 2.24) is 4.57 Å². The molecule has 3 aromatic rings. The molecule has 0 fully saturated rings. The molecule has 0 atom stereocenters. The SMILES string of the molecule is COCCCn1c(O)c(C(=O)c2cccc3ccccc23)c(C)c(C#N)c1=O. The maximum Gasteiger partial charge on any atom is 0.271 e. The molecule has 0 bridgehead atoms. The fraction of sp³-hybridized carbons (Fsp3) is 0.227. The molecule has 0 aliphatic carbocycles. The Morgan fingerprint density at radius 2 is 1.93 bits per heavy atom. The minimum absolute atomic E-state index is 0.0232. The van der Waals surface area contributed by atoms with Gasteiger partial charge in [-0.25, -0.2) is 0 Å². The van der Waals surface area contributed by atoms with Crippen LogP contribution in [0, 0.1) is 18.3 Å². The highest BCUT2D eigenvalue weighted by Gasteiger charge is 2.25. The highest BCUT2D eigenvalue weighted by atomic mass is 16.5. The van der Waals surface area contributed by atoms with Crippen LogP contribution < -0.4 is 5.56 Å². The van der Waals surface area contributed by atoms with Crippen molar-refractivity contribution in [2.45, 2.75) is 19.9 Å². The van der Waals surface area contributed by atoms with Crippen LogP contribution in [0.4, 0.5) is 0 Å². The largest absolute Gasteiger partial charge is 0.494 e. The Kier molecular flexibility index (Phi) is 5.57. The van der Waals surface area contributed by atoms with Crippen molar-refractivity contribution in [3.05, 3.63) is 75.1 Å². The molecule has 3 rings (SSSR count). The molecule has 0 saturated heterocycles. The summed E-state index contributed by atoms with van der Waals surface area (Å²) in [6.07, 6.45) is 0.458. The zero-order valence-electron chi connectivity index (χ0n) is 15.7. The first kappa shape index (κ1) is 19.3. The predicted octanol–water partition coefficient (Wildman–Crippen LogP) is 3.15. The summed E-state index contributed by atoms with van der Waals surface area (Å²) in [5, 5.41) is 21.8. The molecule has 28 heavy (non-hydrogen) atoms. The fourth-order valence-electron chi connectivity index (χ4n) is 3.36. The van der Waals surface area contributed by atoms with E-state index in [9.17, 15) is 20.0 Å². The Morgan fingerprint density at radius 3 is 2.64 bits per heavy atom. The van der Waals surface area contributed by atoms with Crippen LogP contribution >= 0.6 is 0 Å². The van der Waals surface area contributed by atoms with Crippen LogP contribution in [0.2, 0.25) is 0 Å². The quantitative estimate of drug-likeness (QED) is 0.527. The predicted molar refractivity (Wildman–Crippen MR) is 106 cm³/mol. The maximum atomic E-state index is 13.4. The Hall–Kier alpha value is -3.43. The Labute approximate surface area is 162 Å². The van der Waals surface area contributed by atoms with Gasteiger partial charge in [0, 0.05) is 25.8 Å². The number of methoxy groups -OCH3 is 1.